The maximum atomic E-state index is 8.41. The Morgan fingerprint density at radius 2 is 1.94 bits per heavy atom. The van der Waals surface area contributed by atoms with E-state index in [9.17, 15) is 0 Å². The molecule has 0 aliphatic rings. The van der Waals surface area contributed by atoms with Crippen LogP contribution in [0.25, 0.3) is 0 Å². The van der Waals surface area contributed by atoms with Crippen molar-refractivity contribution in [1.29, 1.82) is 0 Å². The van der Waals surface area contributed by atoms with Crippen molar-refractivity contribution in [2.75, 3.05) is 13.6 Å². The minimum atomic E-state index is 0.316. The molecule has 0 bridgehead atoms. The first-order valence-corrected chi connectivity index (χ1v) is 6.32. The number of nitrogens with two attached hydrogens (primary N) is 1. The third-order valence-corrected chi connectivity index (χ3v) is 2.92. The van der Waals surface area contributed by atoms with Crippen LogP contribution in [-0.4, -0.2) is 29.5 Å². The van der Waals surface area contributed by atoms with Gasteiger partial charge in [0.1, 0.15) is 5.84 Å². The Bertz CT molecular complexity index is 373. The average molecular weight is 249 g/mol. The van der Waals surface area contributed by atoms with Crippen LogP contribution in [0.15, 0.2) is 29.4 Å². The summed E-state index contributed by atoms with van der Waals surface area (Å²) in [4.78, 5) is 2.29. The summed E-state index contributed by atoms with van der Waals surface area (Å²) in [7, 11) is 2.11. The number of unbranched alkanes of at least 4 members (excludes halogenated alkanes) is 1. The largest absolute Gasteiger partial charge is 0.409 e. The van der Waals surface area contributed by atoms with Crippen molar-refractivity contribution < 1.29 is 5.21 Å². The molecule has 0 aliphatic carbocycles. The van der Waals surface area contributed by atoms with E-state index in [2.05, 4.69) is 48.3 Å². The van der Waals surface area contributed by atoms with Crippen molar-refractivity contribution in [3.63, 3.8) is 0 Å². The number of hydrogen-bond acceptors (Lipinski definition) is 3. The van der Waals surface area contributed by atoms with E-state index in [-0.39, 0.29) is 0 Å². The second-order valence-corrected chi connectivity index (χ2v) is 4.77. The highest BCUT2D eigenvalue weighted by Gasteiger charge is 2.01. The second-order valence-electron chi connectivity index (χ2n) is 4.77. The molecular weight excluding hydrogens is 226 g/mol. The summed E-state index contributed by atoms with van der Waals surface area (Å²) in [6, 6.07) is 8.62. The Morgan fingerprint density at radius 1 is 1.28 bits per heavy atom. The van der Waals surface area contributed by atoms with Crippen molar-refractivity contribution in [2.45, 2.75) is 32.7 Å². The lowest BCUT2D eigenvalue weighted by Gasteiger charge is -2.16. The van der Waals surface area contributed by atoms with E-state index in [4.69, 9.17) is 10.9 Å². The summed E-state index contributed by atoms with van der Waals surface area (Å²) in [6.45, 7) is 4.08. The minimum absolute atomic E-state index is 0.316. The Balaban J connectivity index is 2.21. The van der Waals surface area contributed by atoms with Gasteiger partial charge in [-0.3, -0.25) is 0 Å². The number of aryl methyl sites for hydroxylation is 1. The Labute approximate surface area is 109 Å². The van der Waals surface area contributed by atoms with Gasteiger partial charge in [-0.1, -0.05) is 35.0 Å². The molecule has 18 heavy (non-hydrogen) atoms. The zero-order chi connectivity index (χ0) is 13.4. The fourth-order valence-corrected chi connectivity index (χ4v) is 1.82. The van der Waals surface area contributed by atoms with Gasteiger partial charge in [0.15, 0.2) is 0 Å². The number of benzene rings is 1. The van der Waals surface area contributed by atoms with Crippen molar-refractivity contribution in [3.8, 4) is 0 Å². The van der Waals surface area contributed by atoms with Crippen molar-refractivity contribution >= 4 is 5.84 Å². The van der Waals surface area contributed by atoms with Gasteiger partial charge in [0, 0.05) is 13.0 Å². The summed E-state index contributed by atoms with van der Waals surface area (Å²) in [5, 5.41) is 11.4. The number of rotatable bonds is 7. The lowest BCUT2D eigenvalue weighted by atomic mass is 10.1. The fourth-order valence-electron chi connectivity index (χ4n) is 1.82. The maximum absolute atomic E-state index is 8.41. The van der Waals surface area contributed by atoms with E-state index >= 15 is 0 Å². The van der Waals surface area contributed by atoms with E-state index in [1.165, 1.54) is 11.1 Å². The number of hydrogen-bond donors (Lipinski definition) is 2. The molecule has 0 aliphatic heterocycles. The Morgan fingerprint density at radius 3 is 2.56 bits per heavy atom. The summed E-state index contributed by atoms with van der Waals surface area (Å²) < 4.78 is 0. The zero-order valence-corrected chi connectivity index (χ0v) is 11.3. The zero-order valence-electron chi connectivity index (χ0n) is 11.3. The van der Waals surface area contributed by atoms with E-state index < -0.39 is 0 Å². The summed E-state index contributed by atoms with van der Waals surface area (Å²) >= 11 is 0. The summed E-state index contributed by atoms with van der Waals surface area (Å²) in [6.07, 6.45) is 2.67. The van der Waals surface area contributed by atoms with Gasteiger partial charge in [0.2, 0.25) is 0 Å². The van der Waals surface area contributed by atoms with Gasteiger partial charge < -0.3 is 15.8 Å². The molecule has 4 heteroatoms. The molecule has 0 spiro atoms. The SMILES string of the molecule is Cc1ccc(CN(C)CCCCC(N)=NO)cc1. The van der Waals surface area contributed by atoms with E-state index in [0.717, 1.165) is 25.9 Å². The third kappa shape index (κ3) is 5.68. The summed E-state index contributed by atoms with van der Waals surface area (Å²) in [5.41, 5.74) is 8.04. The first-order valence-electron chi connectivity index (χ1n) is 6.32. The van der Waals surface area contributed by atoms with Gasteiger partial charge in [0.05, 0.1) is 0 Å². The van der Waals surface area contributed by atoms with Crippen LogP contribution in [0.5, 0.6) is 0 Å². The highest BCUT2D eigenvalue weighted by atomic mass is 16.4. The van der Waals surface area contributed by atoms with Gasteiger partial charge >= 0.3 is 0 Å². The molecule has 1 rings (SSSR count). The van der Waals surface area contributed by atoms with Crippen molar-refractivity contribution in [1.82, 2.24) is 4.90 Å². The molecule has 0 amide bonds. The van der Waals surface area contributed by atoms with Gasteiger partial charge in [-0.05, 0) is 38.9 Å². The lowest BCUT2D eigenvalue weighted by molar-refractivity contribution is 0.312. The van der Waals surface area contributed by atoms with E-state index in [1.54, 1.807) is 0 Å². The molecule has 4 nitrogen and oxygen atoms in total. The maximum Gasteiger partial charge on any atom is 0.139 e. The third-order valence-electron chi connectivity index (χ3n) is 2.92. The highest BCUT2D eigenvalue weighted by Crippen LogP contribution is 2.07. The van der Waals surface area contributed by atoms with Crippen LogP contribution in [-0.2, 0) is 6.54 Å². The molecule has 3 N–H and O–H groups in total. The summed E-state index contributed by atoms with van der Waals surface area (Å²) in [5.74, 6) is 0.316. The fraction of sp³-hybridized carbons (Fsp3) is 0.500. The molecule has 1 aromatic carbocycles. The number of oxime groups is 1. The molecule has 0 aromatic heterocycles. The standard InChI is InChI=1S/C14H23N3O/c1-12-6-8-13(9-7-12)11-17(2)10-4-3-5-14(15)16-18/h6-9,18H,3-5,10-11H2,1-2H3,(H2,15,16). The molecular formula is C14H23N3O. The smallest absolute Gasteiger partial charge is 0.139 e. The topological polar surface area (TPSA) is 61.8 Å². The minimum Gasteiger partial charge on any atom is -0.409 e. The average Bonchev–Trinajstić information content (AvgIpc) is 2.37. The molecule has 0 saturated carbocycles. The number of amidine groups is 1. The van der Waals surface area contributed by atoms with Gasteiger partial charge in [0.25, 0.3) is 0 Å². The Kier molecular flexibility index (Phi) is 6.22. The quantitative estimate of drug-likeness (QED) is 0.256. The molecule has 0 unspecified atom stereocenters. The highest BCUT2D eigenvalue weighted by molar-refractivity contribution is 5.79. The van der Waals surface area contributed by atoms with Crippen LogP contribution in [0.1, 0.15) is 30.4 Å². The van der Waals surface area contributed by atoms with E-state index in [0.29, 0.717) is 12.3 Å². The number of nitrogens with zero attached hydrogens (tertiary/aromatic N) is 2. The first kappa shape index (κ1) is 14.5. The van der Waals surface area contributed by atoms with Crippen molar-refractivity contribution in [3.05, 3.63) is 35.4 Å². The van der Waals surface area contributed by atoms with Gasteiger partial charge in [-0.2, -0.15) is 0 Å². The van der Waals surface area contributed by atoms with Crippen LogP contribution in [0.3, 0.4) is 0 Å². The van der Waals surface area contributed by atoms with Crippen LogP contribution >= 0.6 is 0 Å². The lowest BCUT2D eigenvalue weighted by Crippen LogP contribution is -2.19. The normalized spacial score (nSPS) is 12.1. The molecule has 0 fully saturated rings. The van der Waals surface area contributed by atoms with Crippen LogP contribution in [0.2, 0.25) is 0 Å². The van der Waals surface area contributed by atoms with Crippen LogP contribution < -0.4 is 5.73 Å². The monoisotopic (exact) mass is 249 g/mol. The van der Waals surface area contributed by atoms with E-state index in [1.807, 2.05) is 0 Å². The molecule has 0 atom stereocenters. The van der Waals surface area contributed by atoms with Crippen molar-refractivity contribution in [2.24, 2.45) is 10.9 Å². The first-order chi connectivity index (χ1) is 8.61. The van der Waals surface area contributed by atoms with Crippen LogP contribution in [0.4, 0.5) is 0 Å². The molecule has 1 aromatic rings. The molecule has 0 radical (unpaired) electrons. The van der Waals surface area contributed by atoms with Gasteiger partial charge in [-0.25, -0.2) is 0 Å². The molecule has 0 heterocycles. The predicted octanol–water partition coefficient (Wildman–Crippen LogP) is 2.34. The van der Waals surface area contributed by atoms with Crippen LogP contribution in [0, 0.1) is 6.92 Å². The molecule has 0 saturated heterocycles. The van der Waals surface area contributed by atoms with Gasteiger partial charge in [-0.15, -0.1) is 0 Å². The predicted molar refractivity (Wildman–Crippen MR) is 74.8 cm³/mol. The Hall–Kier alpha value is -1.55. The molecule has 100 valence electrons. The second kappa shape index (κ2) is 7.71.